The van der Waals surface area contributed by atoms with Crippen LogP contribution in [0.5, 0.6) is 5.75 Å². The molecule has 0 unspecified atom stereocenters. The molecule has 1 aliphatic heterocycles. The molecule has 0 spiro atoms. The maximum absolute atomic E-state index is 13.3. The third-order valence-electron chi connectivity index (χ3n) is 7.06. The van der Waals surface area contributed by atoms with Gasteiger partial charge in [-0.05, 0) is 20.3 Å². The van der Waals surface area contributed by atoms with E-state index in [2.05, 4.69) is 32.1 Å². The molecule has 0 bridgehead atoms. The molecule has 52 heavy (non-hydrogen) atoms. The number of anilines is 1. The van der Waals surface area contributed by atoms with Crippen LogP contribution in [0.25, 0.3) is 11.5 Å². The fraction of sp³-hybridized carbons (Fsp3) is 0.346. The van der Waals surface area contributed by atoms with Crippen molar-refractivity contribution in [3.8, 4) is 17.3 Å². The summed E-state index contributed by atoms with van der Waals surface area (Å²) >= 11 is 0.902. The van der Waals surface area contributed by atoms with Crippen LogP contribution in [0, 0.1) is 0 Å². The van der Waals surface area contributed by atoms with Crippen molar-refractivity contribution in [1.29, 1.82) is 0 Å². The van der Waals surface area contributed by atoms with Crippen LogP contribution in [0.1, 0.15) is 26.0 Å². The van der Waals surface area contributed by atoms with Gasteiger partial charge < -0.3 is 31.1 Å². The van der Waals surface area contributed by atoms with Crippen LogP contribution in [0.2, 0.25) is 0 Å². The number of sulfone groups is 1. The van der Waals surface area contributed by atoms with Crippen molar-refractivity contribution >= 4 is 66.0 Å². The summed E-state index contributed by atoms with van der Waals surface area (Å²) in [4.78, 5) is 88.0. The lowest BCUT2D eigenvalue weighted by atomic mass is 9.95. The maximum atomic E-state index is 13.3. The average Bonchev–Trinajstić information content (AvgIpc) is 3.61. The maximum Gasteiger partial charge on any atom is 0.362 e. The zero-order valence-electron chi connectivity index (χ0n) is 27.2. The minimum atomic E-state index is -5.27. The number of carbonyl (C=O) groups is 4. The summed E-state index contributed by atoms with van der Waals surface area (Å²) in [6.07, 6.45) is 2.59. The number of hydrogen-bond donors (Lipinski definition) is 6. The van der Waals surface area contributed by atoms with E-state index in [4.69, 9.17) is 10.6 Å². The summed E-state index contributed by atoms with van der Waals surface area (Å²) in [5.74, 6) is -5.34. The van der Waals surface area contributed by atoms with Crippen molar-refractivity contribution in [3.63, 3.8) is 0 Å². The molecule has 4 heterocycles. The molecule has 0 aliphatic carbocycles. The number of imide groups is 1. The first-order chi connectivity index (χ1) is 24.1. The number of nitrogens with one attached hydrogen (secondary N) is 3. The number of nitrogen functional groups attached to an aromatic ring is 1. The molecule has 1 saturated heterocycles. The highest BCUT2D eigenvalue weighted by Gasteiger charge is 2.51. The Hall–Kier alpha value is -5.89. The van der Waals surface area contributed by atoms with Crippen molar-refractivity contribution in [2.24, 2.45) is 5.16 Å². The molecule has 3 aromatic heterocycles. The fourth-order valence-corrected chi connectivity index (χ4v) is 6.45. The Kier molecular flexibility index (Phi) is 10.8. The van der Waals surface area contributed by atoms with Crippen LogP contribution in [0.15, 0.2) is 45.0 Å². The molecule has 0 aromatic carbocycles. The standard InChI is InChI=1S/C26H30N10O13S3/c1-5-14-18(30-20(39)17(13-11-50-23(27)29-13)32-49-26(2,3)22(41)42)21(40)35(14)24(43)33-52(47,48)36-25(44)34(7-6-8-51(4,45)46)19(31-36)12-9-15(37)16(38)10-28-12/h5,9-11,14,18,38H,1,6-8H2,2-4H3,(H2,27,29)(H,28,37)(H,30,39)(H,33,43)(H,41,42)/b32-17-/t14-,18-/m0/s1. The molecule has 1 fully saturated rings. The first-order valence-electron chi connectivity index (χ1n) is 14.4. The largest absolute Gasteiger partial charge is 0.503 e. The number of H-pyrrole nitrogens is 1. The van der Waals surface area contributed by atoms with Gasteiger partial charge in [0.25, 0.3) is 11.8 Å². The van der Waals surface area contributed by atoms with Crippen LogP contribution >= 0.6 is 11.3 Å². The molecular formula is C26H30N10O13S3. The van der Waals surface area contributed by atoms with Crippen LogP contribution in [-0.4, -0.2) is 115 Å². The van der Waals surface area contributed by atoms with Crippen LogP contribution < -0.4 is 26.9 Å². The first kappa shape index (κ1) is 38.9. The highest BCUT2D eigenvalue weighted by atomic mass is 32.2. The Morgan fingerprint density at radius 3 is 2.46 bits per heavy atom. The van der Waals surface area contributed by atoms with E-state index in [-0.39, 0.29) is 27.0 Å². The number of aromatic hydroxyl groups is 1. The average molecular weight is 787 g/mol. The van der Waals surface area contributed by atoms with E-state index in [1.807, 2.05) is 0 Å². The molecule has 26 heteroatoms. The number of carboxylic acids is 1. The monoisotopic (exact) mass is 786 g/mol. The van der Waals surface area contributed by atoms with E-state index in [0.717, 1.165) is 49.8 Å². The SMILES string of the molecule is C=C[C@H]1[C@H](NC(=O)/C(=N\OC(C)(C)C(=O)O)c2csc(N)n2)C(=O)N1C(=O)NS(=O)(=O)n1nc(-c2cc(=O)c(O)c[nH]2)n(CCCS(C)(=O)=O)c1=O. The van der Waals surface area contributed by atoms with Gasteiger partial charge in [0.1, 0.15) is 21.6 Å². The Balaban J connectivity index is 1.59. The van der Waals surface area contributed by atoms with Gasteiger partial charge >= 0.3 is 27.9 Å². The number of pyridine rings is 1. The Morgan fingerprint density at radius 1 is 1.23 bits per heavy atom. The number of carboxylic acid groups (broad SMARTS) is 1. The molecule has 0 radical (unpaired) electrons. The molecular weight excluding hydrogens is 757 g/mol. The van der Waals surface area contributed by atoms with Gasteiger partial charge in [0.2, 0.25) is 11.0 Å². The third-order valence-corrected chi connectivity index (χ3v) is 9.89. The van der Waals surface area contributed by atoms with Crippen molar-refractivity contribution in [3.05, 3.63) is 56.7 Å². The molecule has 2 atom stereocenters. The molecule has 0 saturated carbocycles. The van der Waals surface area contributed by atoms with Crippen molar-refractivity contribution in [2.45, 2.75) is 44.5 Å². The zero-order chi connectivity index (χ0) is 38.9. The lowest BCUT2D eigenvalue weighted by molar-refractivity contribution is -0.161. The van der Waals surface area contributed by atoms with Crippen molar-refractivity contribution in [1.82, 2.24) is 38.7 Å². The summed E-state index contributed by atoms with van der Waals surface area (Å²) in [5.41, 5.74) is 0.386. The van der Waals surface area contributed by atoms with Gasteiger partial charge in [0.05, 0.1) is 17.5 Å². The molecule has 1 aliphatic rings. The van der Waals surface area contributed by atoms with Gasteiger partial charge in [-0.1, -0.05) is 15.3 Å². The lowest BCUT2D eigenvalue weighted by Crippen LogP contribution is -2.73. The number of nitrogens with two attached hydrogens (primary N) is 1. The second-order valence-corrected chi connectivity index (χ2v) is 16.0. The van der Waals surface area contributed by atoms with E-state index in [1.54, 1.807) is 0 Å². The molecule has 3 aromatic rings. The van der Waals surface area contributed by atoms with Gasteiger partial charge in [-0.15, -0.1) is 23.0 Å². The smallest absolute Gasteiger partial charge is 0.362 e. The van der Waals surface area contributed by atoms with Crippen molar-refractivity contribution in [2.75, 3.05) is 17.7 Å². The summed E-state index contributed by atoms with van der Waals surface area (Å²) in [7, 11) is -8.79. The number of urea groups is 1. The minimum absolute atomic E-state index is 0.00190. The number of amides is 4. The van der Waals surface area contributed by atoms with Gasteiger partial charge in [-0.3, -0.25) is 23.9 Å². The molecule has 280 valence electrons. The number of aromatic amines is 1. The summed E-state index contributed by atoms with van der Waals surface area (Å²) in [6, 6.07) is -3.74. The second kappa shape index (κ2) is 14.4. The highest BCUT2D eigenvalue weighted by Crippen LogP contribution is 2.23. The second-order valence-electron chi connectivity index (χ2n) is 11.4. The molecule has 23 nitrogen and oxygen atoms in total. The molecule has 7 N–H and O–H groups in total. The number of likely N-dealkylation sites (tertiary alicyclic amines) is 1. The minimum Gasteiger partial charge on any atom is -0.503 e. The van der Waals surface area contributed by atoms with Crippen LogP contribution in [0.3, 0.4) is 0 Å². The van der Waals surface area contributed by atoms with Crippen LogP contribution in [-0.2, 0) is 45.8 Å². The number of rotatable bonds is 14. The number of aromatic nitrogens is 5. The highest BCUT2D eigenvalue weighted by molar-refractivity contribution is 7.90. The van der Waals surface area contributed by atoms with Gasteiger partial charge in [-0.25, -0.2) is 32.5 Å². The van der Waals surface area contributed by atoms with Crippen molar-refractivity contribution < 1.29 is 51.1 Å². The molecule has 4 rings (SSSR count). The van der Waals surface area contributed by atoms with E-state index in [9.17, 15) is 55.8 Å². The Labute approximate surface area is 296 Å². The number of aliphatic carboxylic acids is 1. The molecule has 4 amide bonds. The zero-order valence-corrected chi connectivity index (χ0v) is 29.6. The van der Waals surface area contributed by atoms with E-state index in [1.165, 1.54) is 10.1 Å². The summed E-state index contributed by atoms with van der Waals surface area (Å²) in [5, 5.41) is 29.8. The topological polar surface area (TPSA) is 338 Å². The van der Waals surface area contributed by atoms with Gasteiger partial charge in [0.15, 0.2) is 22.4 Å². The number of oxime groups is 1. The predicted octanol–water partition coefficient (Wildman–Crippen LogP) is -2.45. The summed E-state index contributed by atoms with van der Waals surface area (Å²) < 4.78 is 51.9. The normalized spacial score (nSPS) is 16.6. The number of carbonyl (C=O) groups excluding carboxylic acids is 3. The Bertz CT molecular complexity index is 2340. The number of hydrogen-bond acceptors (Lipinski definition) is 17. The van der Waals surface area contributed by atoms with Crippen LogP contribution in [0.4, 0.5) is 9.93 Å². The Morgan fingerprint density at radius 2 is 1.90 bits per heavy atom. The summed E-state index contributed by atoms with van der Waals surface area (Å²) in [6.45, 7) is 5.36. The van der Waals surface area contributed by atoms with E-state index < -0.39 is 102 Å². The van der Waals surface area contributed by atoms with E-state index >= 15 is 0 Å². The number of thiazole rings is 1. The van der Waals surface area contributed by atoms with E-state index in [0.29, 0.717) is 9.47 Å². The lowest BCUT2D eigenvalue weighted by Gasteiger charge is -2.43. The number of nitrogens with zero attached hydrogens (tertiary/aromatic N) is 6. The quantitative estimate of drug-likeness (QED) is 0.0427. The van der Waals surface area contributed by atoms with Gasteiger partial charge in [0, 0.05) is 30.4 Å². The fourth-order valence-electron chi connectivity index (χ4n) is 4.36. The third kappa shape index (κ3) is 8.18. The van der Waals surface area contributed by atoms with Gasteiger partial charge in [-0.2, -0.15) is 8.42 Å². The number of β-lactam (4-membered cyclic amide) rings is 1. The first-order valence-corrected chi connectivity index (χ1v) is 18.8. The predicted molar refractivity (Wildman–Crippen MR) is 180 cm³/mol.